The Balaban J connectivity index is 0.00000167. The van der Waals surface area contributed by atoms with Gasteiger partial charge in [0, 0.05) is 48.8 Å². The number of aromatic nitrogens is 1. The summed E-state index contributed by atoms with van der Waals surface area (Å²) in [4.78, 5) is 15.2. The number of carbonyl (C=O) groups excluding carboxylic acids is 1. The van der Waals surface area contributed by atoms with Crippen LogP contribution in [0.4, 0.5) is 0 Å². The molecule has 1 N–H and O–H groups in total. The van der Waals surface area contributed by atoms with E-state index in [0.717, 1.165) is 67.2 Å². The summed E-state index contributed by atoms with van der Waals surface area (Å²) in [5, 5.41) is 13.9. The van der Waals surface area contributed by atoms with E-state index in [9.17, 15) is 10.1 Å². The molecule has 7 nitrogen and oxygen atoms in total. The summed E-state index contributed by atoms with van der Waals surface area (Å²) in [7, 11) is 1.63. The molecular weight excluding hydrogens is 440 g/mol. The average molecular weight is 477 g/mol. The standard InChI is InChI=1S/C26H30N4O3.C2H6/c1-3-30-24-17-21(32-2)8-9-22(24)23(18-27)25(30)19-6-4-7-20(16-19)26(31)28-10-5-11-29-12-14-33-15-13-29;1-2/h4,6-9,16-17H,3,5,10-15H2,1-2H3,(H,28,31);1-2H3. The van der Waals surface area contributed by atoms with Crippen LogP contribution in [0.1, 0.15) is 43.1 Å². The molecule has 35 heavy (non-hydrogen) atoms. The molecule has 1 fully saturated rings. The Kier molecular flexibility index (Phi) is 9.71. The normalized spacial score (nSPS) is 13.6. The van der Waals surface area contributed by atoms with Gasteiger partial charge in [-0.3, -0.25) is 9.69 Å². The fourth-order valence-electron chi connectivity index (χ4n) is 4.44. The van der Waals surface area contributed by atoms with E-state index in [2.05, 4.69) is 27.8 Å². The van der Waals surface area contributed by atoms with Crippen LogP contribution in [0.2, 0.25) is 0 Å². The van der Waals surface area contributed by atoms with Crippen molar-refractivity contribution in [3.63, 3.8) is 0 Å². The van der Waals surface area contributed by atoms with Gasteiger partial charge in [-0.25, -0.2) is 0 Å². The van der Waals surface area contributed by atoms with E-state index in [0.29, 0.717) is 24.2 Å². The number of methoxy groups -OCH3 is 1. The first-order valence-corrected chi connectivity index (χ1v) is 12.4. The number of nitrogens with one attached hydrogen (secondary N) is 1. The maximum atomic E-state index is 12.8. The molecule has 1 saturated heterocycles. The Morgan fingerprint density at radius 1 is 1.17 bits per heavy atom. The first-order chi connectivity index (χ1) is 17.2. The van der Waals surface area contributed by atoms with E-state index in [4.69, 9.17) is 9.47 Å². The second-order valence-corrected chi connectivity index (χ2v) is 8.11. The van der Waals surface area contributed by atoms with Gasteiger partial charge in [-0.1, -0.05) is 26.0 Å². The molecule has 186 valence electrons. The molecule has 0 saturated carbocycles. The molecule has 2 aromatic carbocycles. The number of carbonyl (C=O) groups is 1. The van der Waals surface area contributed by atoms with E-state index >= 15 is 0 Å². The third-order valence-corrected chi connectivity index (χ3v) is 6.14. The lowest BCUT2D eigenvalue weighted by molar-refractivity contribution is 0.0374. The second-order valence-electron chi connectivity index (χ2n) is 8.11. The van der Waals surface area contributed by atoms with Crippen LogP contribution < -0.4 is 10.1 Å². The highest BCUT2D eigenvalue weighted by molar-refractivity contribution is 5.98. The zero-order valence-corrected chi connectivity index (χ0v) is 21.3. The van der Waals surface area contributed by atoms with Crippen molar-refractivity contribution in [2.45, 2.75) is 33.7 Å². The number of fused-ring (bicyclic) bond motifs is 1. The highest BCUT2D eigenvalue weighted by atomic mass is 16.5. The molecule has 0 bridgehead atoms. The lowest BCUT2D eigenvalue weighted by Crippen LogP contribution is -2.38. The van der Waals surface area contributed by atoms with Gasteiger partial charge in [-0.2, -0.15) is 5.26 Å². The number of hydrogen-bond acceptors (Lipinski definition) is 5. The SMILES string of the molecule is CC.CCn1c(-c2cccc(C(=O)NCCCN3CCOCC3)c2)c(C#N)c2ccc(OC)cc21. The fraction of sp³-hybridized carbons (Fsp3) is 0.429. The number of benzene rings is 2. The zero-order chi connectivity index (χ0) is 25.2. The number of aryl methyl sites for hydroxylation is 1. The number of ether oxygens (including phenoxy) is 2. The Labute approximate surface area is 208 Å². The van der Waals surface area contributed by atoms with Crippen molar-refractivity contribution in [2.75, 3.05) is 46.5 Å². The van der Waals surface area contributed by atoms with Gasteiger partial charge >= 0.3 is 0 Å². The minimum atomic E-state index is -0.0989. The Hall–Kier alpha value is -3.34. The van der Waals surface area contributed by atoms with E-state index in [-0.39, 0.29) is 5.91 Å². The lowest BCUT2D eigenvalue weighted by Gasteiger charge is -2.26. The van der Waals surface area contributed by atoms with Gasteiger partial charge in [0.05, 0.1) is 37.1 Å². The van der Waals surface area contributed by atoms with Crippen LogP contribution in [0.15, 0.2) is 42.5 Å². The summed E-state index contributed by atoms with van der Waals surface area (Å²) < 4.78 is 12.9. The molecule has 1 aromatic heterocycles. The minimum Gasteiger partial charge on any atom is -0.497 e. The van der Waals surface area contributed by atoms with Gasteiger partial charge in [0.1, 0.15) is 11.8 Å². The highest BCUT2D eigenvalue weighted by Gasteiger charge is 2.19. The van der Waals surface area contributed by atoms with Crippen LogP contribution in [0.3, 0.4) is 0 Å². The maximum absolute atomic E-state index is 12.8. The van der Waals surface area contributed by atoms with Crippen molar-refractivity contribution in [1.82, 2.24) is 14.8 Å². The van der Waals surface area contributed by atoms with Gasteiger partial charge in [0.15, 0.2) is 0 Å². The molecular formula is C28H36N4O3. The van der Waals surface area contributed by atoms with Crippen LogP contribution in [0.5, 0.6) is 5.75 Å². The first kappa shape index (κ1) is 26.3. The molecule has 4 rings (SSSR count). The molecule has 1 aliphatic heterocycles. The van der Waals surface area contributed by atoms with Crippen LogP contribution in [0, 0.1) is 11.3 Å². The van der Waals surface area contributed by atoms with E-state index in [1.807, 2.05) is 56.3 Å². The summed E-state index contributed by atoms with van der Waals surface area (Å²) >= 11 is 0. The highest BCUT2D eigenvalue weighted by Crippen LogP contribution is 2.35. The van der Waals surface area contributed by atoms with Gasteiger partial charge in [0.25, 0.3) is 5.91 Å². The Morgan fingerprint density at radius 2 is 1.94 bits per heavy atom. The lowest BCUT2D eigenvalue weighted by atomic mass is 10.0. The number of rotatable bonds is 8. The van der Waals surface area contributed by atoms with Crippen molar-refractivity contribution in [3.8, 4) is 23.1 Å². The topological polar surface area (TPSA) is 79.5 Å². The Morgan fingerprint density at radius 3 is 2.63 bits per heavy atom. The predicted molar refractivity (Wildman–Crippen MR) is 140 cm³/mol. The summed E-state index contributed by atoms with van der Waals surface area (Å²) in [6.07, 6.45) is 0.899. The van der Waals surface area contributed by atoms with E-state index in [1.54, 1.807) is 7.11 Å². The fourth-order valence-corrected chi connectivity index (χ4v) is 4.44. The molecule has 1 aliphatic rings. The van der Waals surface area contributed by atoms with Gasteiger partial charge in [0.2, 0.25) is 0 Å². The summed E-state index contributed by atoms with van der Waals surface area (Å²) in [6, 6.07) is 15.6. The Bertz CT molecular complexity index is 1170. The number of nitriles is 1. The van der Waals surface area contributed by atoms with E-state index < -0.39 is 0 Å². The van der Waals surface area contributed by atoms with Crippen molar-refractivity contribution >= 4 is 16.8 Å². The molecule has 1 amide bonds. The monoisotopic (exact) mass is 476 g/mol. The van der Waals surface area contributed by atoms with Crippen LogP contribution in [0.25, 0.3) is 22.2 Å². The van der Waals surface area contributed by atoms with E-state index in [1.165, 1.54) is 0 Å². The molecule has 0 spiro atoms. The third-order valence-electron chi connectivity index (χ3n) is 6.14. The molecule has 0 aliphatic carbocycles. The summed E-state index contributed by atoms with van der Waals surface area (Å²) in [5.74, 6) is 0.647. The largest absolute Gasteiger partial charge is 0.497 e. The van der Waals surface area contributed by atoms with Crippen molar-refractivity contribution < 1.29 is 14.3 Å². The molecule has 7 heteroatoms. The van der Waals surface area contributed by atoms with Crippen molar-refractivity contribution in [3.05, 3.63) is 53.6 Å². The molecule has 0 atom stereocenters. The number of amides is 1. The minimum absolute atomic E-state index is 0.0989. The number of nitrogens with zero attached hydrogens (tertiary/aromatic N) is 3. The predicted octanol–water partition coefficient (Wildman–Crippen LogP) is 4.69. The second kappa shape index (κ2) is 12.9. The summed E-state index contributed by atoms with van der Waals surface area (Å²) in [5.41, 5.74) is 3.82. The maximum Gasteiger partial charge on any atom is 0.251 e. The van der Waals surface area contributed by atoms with Crippen molar-refractivity contribution in [2.24, 2.45) is 0 Å². The van der Waals surface area contributed by atoms with Crippen molar-refractivity contribution in [1.29, 1.82) is 5.26 Å². The first-order valence-electron chi connectivity index (χ1n) is 12.4. The van der Waals surface area contributed by atoms with Crippen LogP contribution in [-0.2, 0) is 11.3 Å². The smallest absolute Gasteiger partial charge is 0.251 e. The average Bonchev–Trinajstić information content (AvgIpc) is 3.25. The molecule has 2 heterocycles. The van der Waals surface area contributed by atoms with Gasteiger partial charge in [-0.15, -0.1) is 0 Å². The quantitative estimate of drug-likeness (QED) is 0.477. The third kappa shape index (κ3) is 6.02. The molecule has 0 unspecified atom stereocenters. The van der Waals surface area contributed by atoms with Gasteiger partial charge in [-0.05, 0) is 44.2 Å². The number of hydrogen-bond donors (Lipinski definition) is 1. The summed E-state index contributed by atoms with van der Waals surface area (Å²) in [6.45, 7) is 11.8. The van der Waals surface area contributed by atoms with Crippen LogP contribution >= 0.6 is 0 Å². The molecule has 3 aromatic rings. The molecule has 0 radical (unpaired) electrons. The number of morpholine rings is 1. The zero-order valence-electron chi connectivity index (χ0n) is 21.3. The van der Waals surface area contributed by atoms with Gasteiger partial charge < -0.3 is 19.4 Å². The van der Waals surface area contributed by atoms with Crippen LogP contribution in [-0.4, -0.2) is 61.9 Å².